The summed E-state index contributed by atoms with van der Waals surface area (Å²) in [6.07, 6.45) is 0.737. The van der Waals surface area contributed by atoms with Crippen LogP contribution in [0.15, 0.2) is 18.2 Å². The zero-order valence-corrected chi connectivity index (χ0v) is 12.5. The van der Waals surface area contributed by atoms with Gasteiger partial charge in [0.2, 0.25) is 5.24 Å². The van der Waals surface area contributed by atoms with Crippen molar-refractivity contribution in [3.05, 3.63) is 35.4 Å². The third-order valence-electron chi connectivity index (χ3n) is 2.20. The van der Waals surface area contributed by atoms with Gasteiger partial charge in [0.25, 0.3) is 0 Å². The monoisotopic (exact) mass is 388 g/mol. The highest BCUT2D eigenvalue weighted by Crippen LogP contribution is 2.34. The lowest BCUT2D eigenvalue weighted by Crippen LogP contribution is -2.08. The first kappa shape index (κ1) is 15.1. The molecule has 0 heterocycles. The van der Waals surface area contributed by atoms with Crippen molar-refractivity contribution < 1.29 is 13.6 Å². The van der Waals surface area contributed by atoms with Gasteiger partial charge in [-0.25, -0.2) is 8.78 Å². The molecule has 0 aliphatic rings. The van der Waals surface area contributed by atoms with Crippen LogP contribution in [0.1, 0.15) is 23.2 Å². The van der Waals surface area contributed by atoms with Gasteiger partial charge in [0.15, 0.2) is 11.6 Å². The third-order valence-corrected chi connectivity index (χ3v) is 5.25. The highest BCUT2D eigenvalue weighted by molar-refractivity contribution is 9.12. The highest BCUT2D eigenvalue weighted by atomic mass is 79.9. The van der Waals surface area contributed by atoms with Crippen LogP contribution in [0.5, 0.6) is 0 Å². The van der Waals surface area contributed by atoms with Crippen LogP contribution >= 0.6 is 43.5 Å². The Kier molecular flexibility index (Phi) is 6.03. The standard InChI is InChI=1S/C11H9Br2ClF2O/c12-7(2-4-10(14)17)11(13)6-1-3-8(15)9(16)5-6/h1,3,5,7,11H,2,4H2. The fourth-order valence-electron chi connectivity index (χ4n) is 1.29. The molecule has 2 atom stereocenters. The van der Waals surface area contributed by atoms with Gasteiger partial charge in [-0.1, -0.05) is 37.9 Å². The molecule has 0 radical (unpaired) electrons. The van der Waals surface area contributed by atoms with Gasteiger partial charge in [0.05, 0.1) is 4.83 Å². The minimum atomic E-state index is -0.889. The van der Waals surface area contributed by atoms with Crippen molar-refractivity contribution in [1.29, 1.82) is 0 Å². The molecule has 1 aromatic rings. The number of carbonyl (C=O) groups is 1. The fourth-order valence-corrected chi connectivity index (χ4v) is 2.48. The number of halogens is 5. The second-order valence-corrected chi connectivity index (χ2v) is 6.07. The molecule has 0 aliphatic carbocycles. The van der Waals surface area contributed by atoms with Gasteiger partial charge in [0.1, 0.15) is 0 Å². The quantitative estimate of drug-likeness (QED) is 0.526. The maximum absolute atomic E-state index is 13.0. The summed E-state index contributed by atoms with van der Waals surface area (Å²) in [5.41, 5.74) is 0.604. The first-order valence-corrected chi connectivity index (χ1v) is 7.04. The highest BCUT2D eigenvalue weighted by Gasteiger charge is 2.19. The van der Waals surface area contributed by atoms with Crippen molar-refractivity contribution in [1.82, 2.24) is 0 Å². The summed E-state index contributed by atoms with van der Waals surface area (Å²) < 4.78 is 25.8. The molecule has 1 aromatic carbocycles. The zero-order valence-electron chi connectivity index (χ0n) is 8.60. The van der Waals surface area contributed by atoms with Crippen molar-refractivity contribution in [2.24, 2.45) is 0 Å². The second kappa shape index (κ2) is 6.81. The lowest BCUT2D eigenvalue weighted by atomic mass is 10.1. The van der Waals surface area contributed by atoms with Crippen LogP contribution < -0.4 is 0 Å². The number of hydrogen-bond donors (Lipinski definition) is 0. The molecule has 1 nitrogen and oxygen atoms in total. The number of carbonyl (C=O) groups excluding carboxylic acids is 1. The van der Waals surface area contributed by atoms with E-state index in [-0.39, 0.29) is 16.1 Å². The van der Waals surface area contributed by atoms with Gasteiger partial charge in [-0.15, -0.1) is 0 Å². The molecule has 0 N–H and O–H groups in total. The largest absolute Gasteiger partial charge is 0.281 e. The number of alkyl halides is 2. The summed E-state index contributed by atoms with van der Waals surface area (Å²) in [7, 11) is 0. The van der Waals surface area contributed by atoms with E-state index in [1.807, 2.05) is 0 Å². The summed E-state index contributed by atoms with van der Waals surface area (Å²) in [4.78, 5) is 10.3. The third kappa shape index (κ3) is 4.64. The van der Waals surface area contributed by atoms with E-state index in [2.05, 4.69) is 31.9 Å². The Bertz CT molecular complexity index is 414. The topological polar surface area (TPSA) is 17.1 Å². The van der Waals surface area contributed by atoms with Gasteiger partial charge in [-0.2, -0.15) is 0 Å². The minimum absolute atomic E-state index is 0.0879. The number of benzene rings is 1. The Morgan fingerprint density at radius 3 is 2.47 bits per heavy atom. The SMILES string of the molecule is O=C(Cl)CCC(Br)C(Br)c1ccc(F)c(F)c1. The van der Waals surface area contributed by atoms with Crippen LogP contribution in [0.3, 0.4) is 0 Å². The predicted octanol–water partition coefficient (Wildman–Crippen LogP) is 4.71. The lowest BCUT2D eigenvalue weighted by molar-refractivity contribution is -0.111. The van der Waals surface area contributed by atoms with Crippen LogP contribution in [0.2, 0.25) is 0 Å². The predicted molar refractivity (Wildman–Crippen MR) is 70.8 cm³/mol. The molecule has 6 heteroatoms. The Morgan fingerprint density at radius 1 is 1.29 bits per heavy atom. The number of rotatable bonds is 5. The average molecular weight is 390 g/mol. The minimum Gasteiger partial charge on any atom is -0.281 e. The molecule has 2 unspecified atom stereocenters. The molecule has 0 fully saturated rings. The fraction of sp³-hybridized carbons (Fsp3) is 0.364. The van der Waals surface area contributed by atoms with Crippen molar-refractivity contribution in [3.63, 3.8) is 0 Å². The van der Waals surface area contributed by atoms with E-state index >= 15 is 0 Å². The summed E-state index contributed by atoms with van der Waals surface area (Å²) in [5.74, 6) is -1.77. The van der Waals surface area contributed by atoms with Gasteiger partial charge in [-0.05, 0) is 35.7 Å². The summed E-state index contributed by atoms with van der Waals surface area (Å²) in [5, 5.41) is -0.417. The van der Waals surface area contributed by atoms with E-state index < -0.39 is 16.9 Å². The van der Waals surface area contributed by atoms with Crippen molar-refractivity contribution in [2.75, 3.05) is 0 Å². The van der Waals surface area contributed by atoms with Crippen LogP contribution in [0.4, 0.5) is 8.78 Å². The molecule has 1 rings (SSSR count). The van der Waals surface area contributed by atoms with E-state index in [1.54, 1.807) is 0 Å². The molecular weight excluding hydrogens is 381 g/mol. The average Bonchev–Trinajstić information content (AvgIpc) is 2.28. The van der Waals surface area contributed by atoms with E-state index in [1.165, 1.54) is 6.07 Å². The van der Waals surface area contributed by atoms with Gasteiger partial charge >= 0.3 is 0 Å². The van der Waals surface area contributed by atoms with E-state index in [0.29, 0.717) is 12.0 Å². The van der Waals surface area contributed by atoms with Crippen LogP contribution in [-0.4, -0.2) is 10.1 Å². The number of hydrogen-bond acceptors (Lipinski definition) is 1. The Labute approximate surface area is 120 Å². The molecule has 0 aliphatic heterocycles. The van der Waals surface area contributed by atoms with Gasteiger partial charge in [-0.3, -0.25) is 4.79 Å². The first-order chi connectivity index (χ1) is 7.91. The second-order valence-electron chi connectivity index (χ2n) is 3.49. The summed E-state index contributed by atoms with van der Waals surface area (Å²) in [6, 6.07) is 3.70. The van der Waals surface area contributed by atoms with Crippen molar-refractivity contribution in [2.45, 2.75) is 22.5 Å². The smallest absolute Gasteiger partial charge is 0.221 e. The van der Waals surface area contributed by atoms with Crippen LogP contribution in [-0.2, 0) is 4.79 Å². The lowest BCUT2D eigenvalue weighted by Gasteiger charge is -2.16. The van der Waals surface area contributed by atoms with Crippen LogP contribution in [0.25, 0.3) is 0 Å². The van der Waals surface area contributed by atoms with E-state index in [9.17, 15) is 13.6 Å². The van der Waals surface area contributed by atoms with Crippen LogP contribution in [0, 0.1) is 11.6 Å². The molecule has 0 saturated heterocycles. The van der Waals surface area contributed by atoms with E-state index in [4.69, 9.17) is 11.6 Å². The molecule has 0 saturated carbocycles. The Morgan fingerprint density at radius 2 is 1.94 bits per heavy atom. The van der Waals surface area contributed by atoms with E-state index in [0.717, 1.165) is 12.1 Å². The Hall–Kier alpha value is -0.000000000000000111. The first-order valence-electron chi connectivity index (χ1n) is 4.83. The van der Waals surface area contributed by atoms with Gasteiger partial charge in [0, 0.05) is 11.2 Å². The van der Waals surface area contributed by atoms with Gasteiger partial charge < -0.3 is 0 Å². The van der Waals surface area contributed by atoms with Crippen molar-refractivity contribution in [3.8, 4) is 0 Å². The maximum Gasteiger partial charge on any atom is 0.221 e. The summed E-state index contributed by atoms with van der Waals surface area (Å²) >= 11 is 12.0. The van der Waals surface area contributed by atoms with Crippen molar-refractivity contribution >= 4 is 48.7 Å². The Balaban J connectivity index is 2.70. The maximum atomic E-state index is 13.0. The molecule has 0 aromatic heterocycles. The molecule has 0 bridgehead atoms. The zero-order chi connectivity index (χ0) is 13.0. The molecule has 0 amide bonds. The molecule has 17 heavy (non-hydrogen) atoms. The molecular formula is C11H9Br2ClF2O. The summed E-state index contributed by atoms with van der Waals surface area (Å²) in [6.45, 7) is 0. The molecule has 94 valence electrons. The normalized spacial score (nSPS) is 14.4. The molecule has 0 spiro atoms.